The molecule has 0 saturated heterocycles. The fourth-order valence-corrected chi connectivity index (χ4v) is 1.61. The van der Waals surface area contributed by atoms with Crippen LogP contribution in [0.2, 0.25) is 0 Å². The maximum atomic E-state index is 13.3. The van der Waals surface area contributed by atoms with E-state index in [-0.39, 0.29) is 17.5 Å². The van der Waals surface area contributed by atoms with Crippen LogP contribution in [0, 0.1) is 18.6 Å². The Hall–Kier alpha value is -0.960. The second-order valence-corrected chi connectivity index (χ2v) is 3.65. The number of hydrogen-bond acceptors (Lipinski definition) is 1. The molecule has 0 spiro atoms. The monoisotopic (exact) mass is 183 g/mol. The van der Waals surface area contributed by atoms with Crippen LogP contribution < -0.4 is 5.73 Å². The lowest BCUT2D eigenvalue weighted by Gasteiger charge is -2.04. The predicted molar refractivity (Wildman–Crippen MR) is 46.4 cm³/mol. The number of aryl methyl sites for hydroxylation is 1. The Kier molecular flexibility index (Phi) is 1.84. The van der Waals surface area contributed by atoms with Crippen molar-refractivity contribution < 1.29 is 8.78 Å². The van der Waals surface area contributed by atoms with Gasteiger partial charge < -0.3 is 5.73 Å². The van der Waals surface area contributed by atoms with E-state index in [0.29, 0.717) is 12.0 Å². The van der Waals surface area contributed by atoms with Gasteiger partial charge in [-0.05, 0) is 31.0 Å². The summed E-state index contributed by atoms with van der Waals surface area (Å²) in [6, 6.07) is 2.64. The zero-order valence-electron chi connectivity index (χ0n) is 7.35. The summed E-state index contributed by atoms with van der Waals surface area (Å²) in [7, 11) is 0. The van der Waals surface area contributed by atoms with Crippen LogP contribution in [0.1, 0.15) is 23.5 Å². The molecule has 1 aromatic rings. The molecule has 1 saturated carbocycles. The Bertz CT molecular complexity index is 326. The molecule has 1 fully saturated rings. The molecule has 2 N–H and O–H groups in total. The molecule has 0 bridgehead atoms. The summed E-state index contributed by atoms with van der Waals surface area (Å²) in [6.07, 6.45) is 0.691. The summed E-state index contributed by atoms with van der Waals surface area (Å²) in [5.74, 6) is -1.04. The van der Waals surface area contributed by atoms with Crippen LogP contribution in [0.15, 0.2) is 12.1 Å². The second-order valence-electron chi connectivity index (χ2n) is 3.65. The van der Waals surface area contributed by atoms with Crippen molar-refractivity contribution >= 4 is 0 Å². The molecule has 1 nitrogen and oxygen atoms in total. The van der Waals surface area contributed by atoms with Gasteiger partial charge in [-0.15, -0.1) is 0 Å². The van der Waals surface area contributed by atoms with Crippen molar-refractivity contribution in [2.45, 2.75) is 25.3 Å². The minimum absolute atomic E-state index is 0.0632. The summed E-state index contributed by atoms with van der Waals surface area (Å²) in [6.45, 7) is 1.67. The van der Waals surface area contributed by atoms with Gasteiger partial charge in [-0.3, -0.25) is 0 Å². The summed E-state index contributed by atoms with van der Waals surface area (Å²) in [4.78, 5) is 0. The van der Waals surface area contributed by atoms with Crippen molar-refractivity contribution in [1.82, 2.24) is 0 Å². The van der Waals surface area contributed by atoms with Gasteiger partial charge in [0.25, 0.3) is 0 Å². The van der Waals surface area contributed by atoms with E-state index in [9.17, 15) is 8.78 Å². The first kappa shape index (κ1) is 8.63. The quantitative estimate of drug-likeness (QED) is 0.708. The Balaban J connectivity index is 2.45. The van der Waals surface area contributed by atoms with E-state index in [4.69, 9.17) is 5.73 Å². The smallest absolute Gasteiger partial charge is 0.129 e. The van der Waals surface area contributed by atoms with Crippen LogP contribution >= 0.6 is 0 Å². The Labute approximate surface area is 75.6 Å². The van der Waals surface area contributed by atoms with Gasteiger partial charge in [-0.2, -0.15) is 0 Å². The summed E-state index contributed by atoms with van der Waals surface area (Å²) in [5.41, 5.74) is 6.31. The molecule has 0 unspecified atom stereocenters. The first-order valence-electron chi connectivity index (χ1n) is 4.30. The molecule has 0 heterocycles. The highest BCUT2D eigenvalue weighted by Gasteiger charge is 2.38. The lowest BCUT2D eigenvalue weighted by molar-refractivity contribution is 0.553. The molecule has 1 aromatic carbocycles. The second kappa shape index (κ2) is 2.77. The predicted octanol–water partition coefficient (Wildman–Crippen LogP) is 2.09. The van der Waals surface area contributed by atoms with E-state index in [0.717, 1.165) is 0 Å². The maximum absolute atomic E-state index is 13.3. The van der Waals surface area contributed by atoms with E-state index >= 15 is 0 Å². The largest absolute Gasteiger partial charge is 0.327 e. The van der Waals surface area contributed by atoms with Crippen LogP contribution in [0.25, 0.3) is 0 Å². The highest BCUT2D eigenvalue weighted by atomic mass is 19.1. The molecule has 2 rings (SSSR count). The summed E-state index contributed by atoms with van der Waals surface area (Å²) in [5, 5.41) is 0. The number of rotatable bonds is 1. The standard InChI is InChI=1S/C10H11F2N/c1-5-2-7(11)10(8(12)3-5)6-4-9(6)13/h2-3,6,9H,4,13H2,1H3/t6-,9-/m1/s1. The van der Waals surface area contributed by atoms with Crippen LogP contribution in [-0.4, -0.2) is 6.04 Å². The molecule has 0 radical (unpaired) electrons. The highest BCUT2D eigenvalue weighted by Crippen LogP contribution is 2.41. The van der Waals surface area contributed by atoms with Gasteiger partial charge >= 0.3 is 0 Å². The lowest BCUT2D eigenvalue weighted by atomic mass is 10.1. The molecule has 3 heteroatoms. The van der Waals surface area contributed by atoms with Crippen LogP contribution in [-0.2, 0) is 0 Å². The van der Waals surface area contributed by atoms with Crippen molar-refractivity contribution in [3.63, 3.8) is 0 Å². The fourth-order valence-electron chi connectivity index (χ4n) is 1.61. The fraction of sp³-hybridized carbons (Fsp3) is 0.400. The molecule has 1 aliphatic rings. The topological polar surface area (TPSA) is 26.0 Å². The van der Waals surface area contributed by atoms with Crippen molar-refractivity contribution in [2.75, 3.05) is 0 Å². The number of halogens is 2. The molecule has 0 aromatic heterocycles. The van der Waals surface area contributed by atoms with Crippen molar-refractivity contribution in [1.29, 1.82) is 0 Å². The summed E-state index contributed by atoms with van der Waals surface area (Å²) >= 11 is 0. The van der Waals surface area contributed by atoms with E-state index in [1.807, 2.05) is 0 Å². The van der Waals surface area contributed by atoms with E-state index in [1.54, 1.807) is 6.92 Å². The van der Waals surface area contributed by atoms with Gasteiger partial charge in [0, 0.05) is 17.5 Å². The van der Waals surface area contributed by atoms with Crippen LogP contribution in [0.4, 0.5) is 8.78 Å². The zero-order chi connectivity index (χ0) is 9.59. The Morgan fingerprint density at radius 2 is 1.77 bits per heavy atom. The van der Waals surface area contributed by atoms with Gasteiger partial charge in [0.2, 0.25) is 0 Å². The van der Waals surface area contributed by atoms with Gasteiger partial charge in [0.05, 0.1) is 0 Å². The lowest BCUT2D eigenvalue weighted by Crippen LogP contribution is -2.04. The molecule has 70 valence electrons. The maximum Gasteiger partial charge on any atom is 0.129 e. The normalized spacial score (nSPS) is 26.2. The molecule has 13 heavy (non-hydrogen) atoms. The average molecular weight is 183 g/mol. The average Bonchev–Trinajstić information content (AvgIpc) is 2.64. The molecule has 2 atom stereocenters. The third-order valence-corrected chi connectivity index (χ3v) is 2.43. The molecule has 1 aliphatic carbocycles. The Morgan fingerprint density at radius 1 is 1.31 bits per heavy atom. The van der Waals surface area contributed by atoms with Gasteiger partial charge in [0.1, 0.15) is 11.6 Å². The van der Waals surface area contributed by atoms with E-state index < -0.39 is 11.6 Å². The van der Waals surface area contributed by atoms with Crippen molar-refractivity contribution in [2.24, 2.45) is 5.73 Å². The van der Waals surface area contributed by atoms with E-state index in [1.165, 1.54) is 12.1 Å². The number of hydrogen-bond donors (Lipinski definition) is 1. The highest BCUT2D eigenvalue weighted by molar-refractivity contribution is 5.33. The first-order valence-corrected chi connectivity index (χ1v) is 4.30. The van der Waals surface area contributed by atoms with Crippen LogP contribution in [0.5, 0.6) is 0 Å². The number of benzene rings is 1. The van der Waals surface area contributed by atoms with Crippen molar-refractivity contribution in [3.8, 4) is 0 Å². The minimum Gasteiger partial charge on any atom is -0.327 e. The first-order chi connectivity index (χ1) is 6.09. The van der Waals surface area contributed by atoms with Crippen molar-refractivity contribution in [3.05, 3.63) is 34.9 Å². The van der Waals surface area contributed by atoms with Gasteiger partial charge in [-0.25, -0.2) is 8.78 Å². The Morgan fingerprint density at radius 3 is 2.15 bits per heavy atom. The zero-order valence-corrected chi connectivity index (χ0v) is 7.35. The van der Waals surface area contributed by atoms with E-state index in [2.05, 4.69) is 0 Å². The van der Waals surface area contributed by atoms with Crippen LogP contribution in [0.3, 0.4) is 0 Å². The molecule has 0 amide bonds. The number of nitrogens with two attached hydrogens (primary N) is 1. The third-order valence-electron chi connectivity index (χ3n) is 2.43. The molecular formula is C10H11F2N. The molecule has 0 aliphatic heterocycles. The SMILES string of the molecule is Cc1cc(F)c([C@@H]2C[C@H]2N)c(F)c1. The van der Waals surface area contributed by atoms with Gasteiger partial charge in [0.15, 0.2) is 0 Å². The third kappa shape index (κ3) is 1.44. The minimum atomic E-state index is -0.463. The van der Waals surface area contributed by atoms with Gasteiger partial charge in [-0.1, -0.05) is 0 Å². The summed E-state index contributed by atoms with van der Waals surface area (Å²) < 4.78 is 26.6. The molecular weight excluding hydrogens is 172 g/mol.